The molecule has 1 N–H and O–H groups in total. The van der Waals surface area contributed by atoms with Crippen molar-refractivity contribution in [2.45, 2.75) is 13.0 Å². The summed E-state index contributed by atoms with van der Waals surface area (Å²) >= 11 is 0. The summed E-state index contributed by atoms with van der Waals surface area (Å²) in [7, 11) is 0. The van der Waals surface area contributed by atoms with Crippen LogP contribution in [0.25, 0.3) is 0 Å². The second kappa shape index (κ2) is 5.87. The normalized spacial score (nSPS) is 23.7. The lowest BCUT2D eigenvalue weighted by molar-refractivity contribution is -0.125. The number of hydrogen-bond donors (Lipinski definition) is 1. The number of morpholine rings is 1. The third-order valence-electron chi connectivity index (χ3n) is 3.88. The Bertz CT molecular complexity index is 526. The van der Waals surface area contributed by atoms with Crippen LogP contribution in [0.5, 0.6) is 0 Å². The van der Waals surface area contributed by atoms with Crippen LogP contribution in [-0.4, -0.2) is 61.1 Å². The molecule has 2 aliphatic rings. The average Bonchev–Trinajstić information content (AvgIpc) is 3.04. The van der Waals surface area contributed by atoms with Crippen molar-refractivity contribution in [3.8, 4) is 0 Å². The molecule has 3 rings (SSSR count). The summed E-state index contributed by atoms with van der Waals surface area (Å²) < 4.78 is 11.2. The molecule has 1 unspecified atom stereocenters. The fourth-order valence-corrected chi connectivity index (χ4v) is 2.71. The van der Waals surface area contributed by atoms with Crippen molar-refractivity contribution >= 4 is 11.9 Å². The number of carbonyl (C=O) groups excluding carboxylic acids is 2. The third kappa shape index (κ3) is 2.93. The molecule has 114 valence electrons. The van der Waals surface area contributed by atoms with Crippen molar-refractivity contribution < 1.29 is 18.7 Å². The predicted octanol–water partition coefficient (Wildman–Crippen LogP) is 0.513. The van der Waals surface area contributed by atoms with Gasteiger partial charge in [0.25, 0.3) is 0 Å². The summed E-state index contributed by atoms with van der Waals surface area (Å²) in [5.74, 6) is 1.56. The van der Waals surface area contributed by atoms with E-state index in [9.17, 15) is 9.59 Å². The Hall–Kier alpha value is -1.86. The van der Waals surface area contributed by atoms with Crippen LogP contribution in [0.2, 0.25) is 0 Å². The second-order valence-electron chi connectivity index (χ2n) is 5.28. The third-order valence-corrected chi connectivity index (χ3v) is 3.88. The maximum Gasteiger partial charge on any atom is 0.324 e. The van der Waals surface area contributed by atoms with E-state index < -0.39 is 0 Å². The number of aryl methyl sites for hydroxylation is 1. The standard InChI is InChI=1S/C14H19N3O4/c1-10-2-3-12(21-10)11-9-20-7-6-16(11)4-5-17-13(18)8-15-14(17)19/h2-3,11H,4-9H2,1H3,(H,15,19). The maximum atomic E-state index is 11.6. The van der Waals surface area contributed by atoms with Gasteiger partial charge in [0, 0.05) is 19.6 Å². The minimum Gasteiger partial charge on any atom is -0.465 e. The van der Waals surface area contributed by atoms with E-state index in [2.05, 4.69) is 10.2 Å². The molecule has 2 aliphatic heterocycles. The molecular formula is C14H19N3O4. The molecule has 2 fully saturated rings. The van der Waals surface area contributed by atoms with E-state index in [1.807, 2.05) is 19.1 Å². The predicted molar refractivity (Wildman–Crippen MR) is 73.7 cm³/mol. The van der Waals surface area contributed by atoms with Gasteiger partial charge >= 0.3 is 6.03 Å². The van der Waals surface area contributed by atoms with Crippen LogP contribution in [0, 0.1) is 6.92 Å². The van der Waals surface area contributed by atoms with Gasteiger partial charge in [-0.1, -0.05) is 0 Å². The highest BCUT2D eigenvalue weighted by Crippen LogP contribution is 2.25. The molecule has 0 aliphatic carbocycles. The van der Waals surface area contributed by atoms with Gasteiger partial charge in [-0.25, -0.2) is 4.79 Å². The highest BCUT2D eigenvalue weighted by molar-refractivity contribution is 6.01. The molecule has 2 saturated heterocycles. The summed E-state index contributed by atoms with van der Waals surface area (Å²) in [5.41, 5.74) is 0. The average molecular weight is 293 g/mol. The van der Waals surface area contributed by atoms with Crippen LogP contribution in [0.15, 0.2) is 16.5 Å². The molecule has 21 heavy (non-hydrogen) atoms. The second-order valence-corrected chi connectivity index (χ2v) is 5.28. The number of rotatable bonds is 4. The van der Waals surface area contributed by atoms with Gasteiger partial charge in [-0.15, -0.1) is 0 Å². The van der Waals surface area contributed by atoms with Gasteiger partial charge in [-0.2, -0.15) is 0 Å². The summed E-state index contributed by atoms with van der Waals surface area (Å²) in [6, 6.07) is 3.61. The molecule has 0 radical (unpaired) electrons. The van der Waals surface area contributed by atoms with Gasteiger partial charge in [0.1, 0.15) is 11.5 Å². The van der Waals surface area contributed by atoms with Crippen molar-refractivity contribution in [1.82, 2.24) is 15.1 Å². The van der Waals surface area contributed by atoms with Gasteiger partial charge in [0.2, 0.25) is 5.91 Å². The summed E-state index contributed by atoms with van der Waals surface area (Å²) in [6.45, 7) is 4.98. The van der Waals surface area contributed by atoms with Crippen molar-refractivity contribution in [3.63, 3.8) is 0 Å². The van der Waals surface area contributed by atoms with Gasteiger partial charge < -0.3 is 14.5 Å². The molecule has 1 aromatic rings. The summed E-state index contributed by atoms with van der Waals surface area (Å²) in [6.07, 6.45) is 0. The molecular weight excluding hydrogens is 274 g/mol. The Morgan fingerprint density at radius 2 is 2.19 bits per heavy atom. The number of imide groups is 1. The largest absolute Gasteiger partial charge is 0.465 e. The van der Waals surface area contributed by atoms with Gasteiger partial charge in [0.15, 0.2) is 0 Å². The first-order valence-corrected chi connectivity index (χ1v) is 7.11. The molecule has 0 bridgehead atoms. The highest BCUT2D eigenvalue weighted by Gasteiger charge is 2.31. The Morgan fingerprint density at radius 3 is 2.86 bits per heavy atom. The zero-order valence-corrected chi connectivity index (χ0v) is 12.0. The molecule has 1 atom stereocenters. The van der Waals surface area contributed by atoms with E-state index in [-0.39, 0.29) is 24.5 Å². The lowest BCUT2D eigenvalue weighted by Crippen LogP contribution is -2.44. The molecule has 0 spiro atoms. The fraction of sp³-hybridized carbons (Fsp3) is 0.571. The molecule has 7 heteroatoms. The number of furan rings is 1. The zero-order chi connectivity index (χ0) is 14.8. The smallest absolute Gasteiger partial charge is 0.324 e. The van der Waals surface area contributed by atoms with Crippen LogP contribution < -0.4 is 5.32 Å². The van der Waals surface area contributed by atoms with Crippen LogP contribution >= 0.6 is 0 Å². The van der Waals surface area contributed by atoms with E-state index in [1.165, 1.54) is 4.90 Å². The minimum atomic E-state index is -0.307. The quantitative estimate of drug-likeness (QED) is 0.819. The van der Waals surface area contributed by atoms with Gasteiger partial charge in [-0.3, -0.25) is 14.6 Å². The zero-order valence-electron chi connectivity index (χ0n) is 12.0. The number of hydrogen-bond acceptors (Lipinski definition) is 5. The maximum absolute atomic E-state index is 11.6. The monoisotopic (exact) mass is 293 g/mol. The number of nitrogens with one attached hydrogen (secondary N) is 1. The Labute approximate surface area is 122 Å². The number of nitrogens with zero attached hydrogens (tertiary/aromatic N) is 2. The Kier molecular flexibility index (Phi) is 3.94. The molecule has 0 saturated carbocycles. The van der Waals surface area contributed by atoms with Crippen LogP contribution in [-0.2, 0) is 9.53 Å². The first-order chi connectivity index (χ1) is 10.1. The van der Waals surface area contributed by atoms with Gasteiger partial charge in [-0.05, 0) is 19.1 Å². The molecule has 1 aromatic heterocycles. The van der Waals surface area contributed by atoms with Crippen molar-refractivity contribution in [3.05, 3.63) is 23.7 Å². The summed E-state index contributed by atoms with van der Waals surface area (Å²) in [4.78, 5) is 26.6. The van der Waals surface area contributed by atoms with Crippen LogP contribution in [0.1, 0.15) is 17.6 Å². The molecule has 3 heterocycles. The molecule has 7 nitrogen and oxygen atoms in total. The number of ether oxygens (including phenoxy) is 1. The Morgan fingerprint density at radius 1 is 1.33 bits per heavy atom. The van der Waals surface area contributed by atoms with E-state index in [0.717, 1.165) is 18.1 Å². The molecule has 3 amide bonds. The lowest BCUT2D eigenvalue weighted by Gasteiger charge is -2.34. The summed E-state index contributed by atoms with van der Waals surface area (Å²) in [5, 5.41) is 2.53. The Balaban J connectivity index is 1.64. The van der Waals surface area contributed by atoms with Crippen molar-refractivity contribution in [2.24, 2.45) is 0 Å². The van der Waals surface area contributed by atoms with E-state index in [1.54, 1.807) is 0 Å². The van der Waals surface area contributed by atoms with Crippen LogP contribution in [0.4, 0.5) is 4.79 Å². The number of urea groups is 1. The highest BCUT2D eigenvalue weighted by atomic mass is 16.5. The topological polar surface area (TPSA) is 75.0 Å². The van der Waals surface area contributed by atoms with E-state index >= 15 is 0 Å². The van der Waals surface area contributed by atoms with Crippen molar-refractivity contribution in [2.75, 3.05) is 39.4 Å². The van der Waals surface area contributed by atoms with Crippen molar-refractivity contribution in [1.29, 1.82) is 0 Å². The fourth-order valence-electron chi connectivity index (χ4n) is 2.71. The number of carbonyl (C=O) groups is 2. The first-order valence-electron chi connectivity index (χ1n) is 7.11. The minimum absolute atomic E-state index is 0.0354. The van der Waals surface area contributed by atoms with Gasteiger partial charge in [0.05, 0.1) is 25.8 Å². The lowest BCUT2D eigenvalue weighted by atomic mass is 10.1. The van der Waals surface area contributed by atoms with E-state index in [0.29, 0.717) is 26.3 Å². The molecule has 0 aromatic carbocycles. The van der Waals surface area contributed by atoms with E-state index in [4.69, 9.17) is 9.15 Å². The number of amides is 3. The van der Waals surface area contributed by atoms with Crippen LogP contribution in [0.3, 0.4) is 0 Å². The SMILES string of the molecule is Cc1ccc(C2COCCN2CCN2C(=O)CNC2=O)o1. The first kappa shape index (κ1) is 14.1.